The maximum absolute atomic E-state index is 11.6. The number of anilines is 2. The fourth-order valence-corrected chi connectivity index (χ4v) is 1.75. The van der Waals surface area contributed by atoms with Crippen molar-refractivity contribution < 1.29 is 4.79 Å². The summed E-state index contributed by atoms with van der Waals surface area (Å²) in [4.78, 5) is 11.6. The van der Waals surface area contributed by atoms with E-state index < -0.39 is 0 Å². The van der Waals surface area contributed by atoms with Crippen LogP contribution in [0.2, 0.25) is 0 Å². The van der Waals surface area contributed by atoms with Crippen LogP contribution in [0.15, 0.2) is 29.5 Å². The van der Waals surface area contributed by atoms with Gasteiger partial charge in [0.2, 0.25) is 5.91 Å². The molecule has 0 unspecified atom stereocenters. The van der Waals surface area contributed by atoms with Gasteiger partial charge >= 0.3 is 0 Å². The molecule has 0 aliphatic heterocycles. The van der Waals surface area contributed by atoms with E-state index in [4.69, 9.17) is 15.8 Å². The Hall–Kier alpha value is -3.30. The van der Waals surface area contributed by atoms with E-state index in [1.807, 2.05) is 13.8 Å². The van der Waals surface area contributed by atoms with Crippen molar-refractivity contribution in [3.05, 3.63) is 35.0 Å². The molecule has 1 aromatic rings. The van der Waals surface area contributed by atoms with Crippen LogP contribution in [0, 0.1) is 40.9 Å². The maximum Gasteiger partial charge on any atom is 0.224 e. The van der Waals surface area contributed by atoms with E-state index in [0.717, 1.165) is 12.0 Å². The average Bonchev–Trinajstić information content (AvgIpc) is 2.50. The summed E-state index contributed by atoms with van der Waals surface area (Å²) in [5.74, 6) is -0.0554. The first kappa shape index (κ1) is 16.8. The number of hydrogen-bond acceptors (Lipinski definition) is 5. The quantitative estimate of drug-likeness (QED) is 0.810. The van der Waals surface area contributed by atoms with Gasteiger partial charge in [-0.3, -0.25) is 4.79 Å². The number of rotatable bonds is 5. The first-order valence-electron chi connectivity index (χ1n) is 6.67. The van der Waals surface area contributed by atoms with E-state index in [0.29, 0.717) is 17.8 Å². The fraction of sp³-hybridized carbons (Fsp3) is 0.250. The highest BCUT2D eigenvalue weighted by atomic mass is 16.1. The van der Waals surface area contributed by atoms with Gasteiger partial charge in [0.05, 0.1) is 0 Å². The van der Waals surface area contributed by atoms with Gasteiger partial charge in [0.25, 0.3) is 0 Å². The number of aryl methyl sites for hydroxylation is 1. The van der Waals surface area contributed by atoms with Gasteiger partial charge in [-0.2, -0.15) is 15.8 Å². The number of benzene rings is 1. The highest BCUT2D eigenvalue weighted by molar-refractivity contribution is 5.91. The lowest BCUT2D eigenvalue weighted by Gasteiger charge is -2.11. The zero-order valence-electron chi connectivity index (χ0n) is 12.4. The van der Waals surface area contributed by atoms with Crippen LogP contribution in [0.25, 0.3) is 0 Å². The minimum absolute atomic E-state index is 0.0554. The van der Waals surface area contributed by atoms with Crippen LogP contribution < -0.4 is 10.6 Å². The molecule has 0 aliphatic rings. The molecule has 6 heteroatoms. The Labute approximate surface area is 129 Å². The van der Waals surface area contributed by atoms with Crippen LogP contribution in [0.1, 0.15) is 25.3 Å². The van der Waals surface area contributed by atoms with Gasteiger partial charge in [-0.25, -0.2) is 0 Å². The van der Waals surface area contributed by atoms with Crippen molar-refractivity contribution in [2.45, 2.75) is 26.7 Å². The molecule has 110 valence electrons. The molecule has 0 atom stereocenters. The summed E-state index contributed by atoms with van der Waals surface area (Å²) < 4.78 is 0. The molecule has 1 amide bonds. The molecular weight excluding hydrogens is 278 g/mol. The summed E-state index contributed by atoms with van der Waals surface area (Å²) in [6.07, 6.45) is 1.22. The van der Waals surface area contributed by atoms with Crippen LogP contribution in [0.4, 0.5) is 11.4 Å². The van der Waals surface area contributed by atoms with Crippen molar-refractivity contribution in [3.63, 3.8) is 0 Å². The van der Waals surface area contributed by atoms with Crippen LogP contribution >= 0.6 is 0 Å². The molecule has 0 aromatic heterocycles. The first-order valence-corrected chi connectivity index (χ1v) is 6.67. The predicted octanol–water partition coefficient (Wildman–Crippen LogP) is 2.97. The molecule has 0 heterocycles. The summed E-state index contributed by atoms with van der Waals surface area (Å²) in [6, 6.07) is 10.2. The Morgan fingerprint density at radius 3 is 2.32 bits per heavy atom. The topological polar surface area (TPSA) is 112 Å². The number of hydrogen-bond donors (Lipinski definition) is 2. The fourth-order valence-electron chi connectivity index (χ4n) is 1.75. The van der Waals surface area contributed by atoms with Gasteiger partial charge in [-0.1, -0.05) is 6.92 Å². The van der Waals surface area contributed by atoms with E-state index in [9.17, 15) is 4.79 Å². The molecule has 2 N–H and O–H groups in total. The third kappa shape index (κ3) is 4.37. The number of nitrogens with zero attached hydrogens (tertiary/aromatic N) is 3. The first-order chi connectivity index (χ1) is 10.5. The van der Waals surface area contributed by atoms with Crippen molar-refractivity contribution >= 4 is 17.3 Å². The van der Waals surface area contributed by atoms with Crippen molar-refractivity contribution in [2.24, 2.45) is 0 Å². The lowest BCUT2D eigenvalue weighted by Crippen LogP contribution is -2.11. The molecule has 6 nitrogen and oxygen atoms in total. The van der Waals surface area contributed by atoms with Crippen LogP contribution in [0.5, 0.6) is 0 Å². The van der Waals surface area contributed by atoms with Crippen molar-refractivity contribution in [3.8, 4) is 18.2 Å². The number of nitriles is 3. The Morgan fingerprint density at radius 1 is 1.14 bits per heavy atom. The van der Waals surface area contributed by atoms with Crippen molar-refractivity contribution in [1.82, 2.24) is 0 Å². The molecule has 1 aromatic carbocycles. The van der Waals surface area contributed by atoms with Gasteiger partial charge < -0.3 is 10.6 Å². The Kier molecular flexibility index (Phi) is 6.16. The predicted molar refractivity (Wildman–Crippen MR) is 82.2 cm³/mol. The molecule has 0 radical (unpaired) electrons. The van der Waals surface area contributed by atoms with Crippen LogP contribution in [0.3, 0.4) is 0 Å². The van der Waals surface area contributed by atoms with Crippen molar-refractivity contribution in [1.29, 1.82) is 15.8 Å². The minimum atomic E-state index is -0.277. The lowest BCUT2D eigenvalue weighted by molar-refractivity contribution is -0.116. The number of carbonyl (C=O) groups is 1. The Morgan fingerprint density at radius 2 is 1.82 bits per heavy atom. The minimum Gasteiger partial charge on any atom is -0.345 e. The zero-order valence-corrected chi connectivity index (χ0v) is 12.4. The van der Waals surface area contributed by atoms with E-state index in [-0.39, 0.29) is 17.2 Å². The second-order valence-electron chi connectivity index (χ2n) is 4.54. The maximum atomic E-state index is 11.6. The molecule has 0 saturated heterocycles. The SMILES string of the molecule is CCCC(=O)Nc1ccc(NC(C#N)=C(C#N)C#N)cc1C. The average molecular weight is 293 g/mol. The van der Waals surface area contributed by atoms with Gasteiger partial charge in [0.1, 0.15) is 23.9 Å². The molecule has 22 heavy (non-hydrogen) atoms. The Balaban J connectivity index is 2.98. The standard InChI is InChI=1S/C16H15N5O/c1-3-4-16(22)21-14-6-5-13(7-11(14)2)20-15(10-19)12(8-17)9-18/h5-7,20H,3-4H2,1-2H3,(H,21,22). The number of allylic oxidation sites excluding steroid dienone is 2. The molecular formula is C16H15N5O. The number of nitrogens with one attached hydrogen (secondary N) is 2. The summed E-state index contributed by atoms with van der Waals surface area (Å²) in [5, 5.41) is 32.1. The summed E-state index contributed by atoms with van der Waals surface area (Å²) in [5.41, 5.74) is 1.67. The molecule has 0 saturated carbocycles. The van der Waals surface area contributed by atoms with E-state index in [1.165, 1.54) is 0 Å². The van der Waals surface area contributed by atoms with Crippen LogP contribution in [-0.2, 0) is 4.79 Å². The van der Waals surface area contributed by atoms with Gasteiger partial charge in [0.15, 0.2) is 5.57 Å². The van der Waals surface area contributed by atoms with Crippen LogP contribution in [-0.4, -0.2) is 5.91 Å². The summed E-state index contributed by atoms with van der Waals surface area (Å²) in [7, 11) is 0. The normalized spacial score (nSPS) is 8.86. The van der Waals surface area contributed by atoms with Crippen molar-refractivity contribution in [2.75, 3.05) is 10.6 Å². The number of carbonyl (C=O) groups excluding carboxylic acids is 1. The summed E-state index contributed by atoms with van der Waals surface area (Å²) in [6.45, 7) is 3.75. The number of amides is 1. The smallest absolute Gasteiger partial charge is 0.224 e. The highest BCUT2D eigenvalue weighted by Crippen LogP contribution is 2.21. The third-order valence-electron chi connectivity index (χ3n) is 2.83. The highest BCUT2D eigenvalue weighted by Gasteiger charge is 2.08. The third-order valence-corrected chi connectivity index (χ3v) is 2.83. The monoisotopic (exact) mass is 293 g/mol. The van der Waals surface area contributed by atoms with E-state index in [1.54, 1.807) is 36.4 Å². The Bertz CT molecular complexity index is 712. The molecule has 0 fully saturated rings. The van der Waals surface area contributed by atoms with Gasteiger partial charge in [-0.15, -0.1) is 0 Å². The van der Waals surface area contributed by atoms with E-state index in [2.05, 4.69) is 10.6 Å². The lowest BCUT2D eigenvalue weighted by atomic mass is 10.1. The molecule has 0 aliphatic carbocycles. The second-order valence-corrected chi connectivity index (χ2v) is 4.54. The van der Waals surface area contributed by atoms with E-state index >= 15 is 0 Å². The van der Waals surface area contributed by atoms with Gasteiger partial charge in [-0.05, 0) is 37.1 Å². The molecule has 0 bridgehead atoms. The molecule has 0 spiro atoms. The largest absolute Gasteiger partial charge is 0.345 e. The molecule has 1 rings (SSSR count). The second kappa shape index (κ2) is 8.09. The summed E-state index contributed by atoms with van der Waals surface area (Å²) >= 11 is 0. The zero-order chi connectivity index (χ0) is 16.5. The van der Waals surface area contributed by atoms with Gasteiger partial charge in [0, 0.05) is 17.8 Å².